The Labute approximate surface area is 186 Å². The van der Waals surface area contributed by atoms with Crippen LogP contribution in [0.3, 0.4) is 0 Å². The molecule has 0 atom stereocenters. The highest BCUT2D eigenvalue weighted by molar-refractivity contribution is 8.18. The molecule has 0 spiro atoms. The molecule has 1 saturated carbocycles. The van der Waals surface area contributed by atoms with Crippen molar-refractivity contribution in [3.63, 3.8) is 0 Å². The van der Waals surface area contributed by atoms with E-state index >= 15 is 0 Å². The molecular weight excluding hydrogens is 446 g/mol. The number of carbonyl (C=O) groups is 3. The fourth-order valence-electron chi connectivity index (χ4n) is 2.78. The lowest BCUT2D eigenvalue weighted by molar-refractivity contribution is -0.123. The minimum absolute atomic E-state index is 0.105. The van der Waals surface area contributed by atoms with Crippen LogP contribution >= 0.6 is 35.1 Å². The number of aromatic amines is 1. The number of H-pyrrole nitrogens is 1. The summed E-state index contributed by atoms with van der Waals surface area (Å²) in [5.41, 5.74) is 0.673. The van der Waals surface area contributed by atoms with Crippen molar-refractivity contribution in [1.82, 2.24) is 25.4 Å². The zero-order valence-corrected chi connectivity index (χ0v) is 18.1. The highest BCUT2D eigenvalue weighted by Gasteiger charge is 2.34. The number of benzene rings is 1. The second-order valence-corrected chi connectivity index (χ2v) is 9.11. The van der Waals surface area contributed by atoms with Crippen LogP contribution in [0.15, 0.2) is 34.3 Å². The molecule has 0 radical (unpaired) electrons. The maximum atomic E-state index is 12.5. The van der Waals surface area contributed by atoms with E-state index in [9.17, 15) is 14.4 Å². The maximum absolute atomic E-state index is 12.5. The second kappa shape index (κ2) is 9.23. The number of halogens is 1. The minimum atomic E-state index is -0.387. The Balaban J connectivity index is 1.24. The highest BCUT2D eigenvalue weighted by atomic mass is 35.5. The molecule has 0 bridgehead atoms. The number of nitrogens with zero attached hydrogens (tertiary/aromatic N) is 3. The lowest BCUT2D eigenvalue weighted by atomic mass is 10.2. The predicted molar refractivity (Wildman–Crippen MR) is 116 cm³/mol. The molecule has 11 heteroatoms. The lowest BCUT2D eigenvalue weighted by Gasteiger charge is -2.12. The van der Waals surface area contributed by atoms with Gasteiger partial charge in [0.15, 0.2) is 0 Å². The quantitative estimate of drug-likeness (QED) is 0.456. The molecule has 2 aliphatic rings. The van der Waals surface area contributed by atoms with E-state index in [1.165, 1.54) is 11.8 Å². The standard InChI is InChI=1S/C19H18ClN5O3S2/c20-13-4-2-1-3-12(13)9-14-17(27)25(19(28)30-14)8-7-21-15(26)10-29-18-22-16(23-24-18)11-5-6-11/h1-4,9,11H,5-8,10H2,(H,21,26)(H,22,23,24)/b14-9-. The van der Waals surface area contributed by atoms with E-state index in [4.69, 9.17) is 11.6 Å². The van der Waals surface area contributed by atoms with E-state index in [0.29, 0.717) is 26.6 Å². The van der Waals surface area contributed by atoms with E-state index in [1.807, 2.05) is 0 Å². The molecule has 2 fully saturated rings. The lowest BCUT2D eigenvalue weighted by Crippen LogP contribution is -2.37. The number of hydrogen-bond donors (Lipinski definition) is 2. The monoisotopic (exact) mass is 463 g/mol. The van der Waals surface area contributed by atoms with Crippen molar-refractivity contribution in [1.29, 1.82) is 0 Å². The first kappa shape index (κ1) is 21.0. The summed E-state index contributed by atoms with van der Waals surface area (Å²) in [4.78, 5) is 42.5. The Morgan fingerprint density at radius 3 is 2.93 bits per heavy atom. The normalized spacial score (nSPS) is 17.8. The van der Waals surface area contributed by atoms with E-state index in [2.05, 4.69) is 20.5 Å². The number of thioether (sulfide) groups is 2. The van der Waals surface area contributed by atoms with Crippen LogP contribution in [0, 0.1) is 0 Å². The van der Waals surface area contributed by atoms with Gasteiger partial charge in [0.05, 0.1) is 10.7 Å². The molecule has 0 unspecified atom stereocenters. The molecule has 2 N–H and O–H groups in total. The van der Waals surface area contributed by atoms with Crippen molar-refractivity contribution >= 4 is 58.3 Å². The van der Waals surface area contributed by atoms with Crippen LogP contribution in [0.25, 0.3) is 6.08 Å². The van der Waals surface area contributed by atoms with E-state index in [-0.39, 0.29) is 35.9 Å². The molecule has 1 saturated heterocycles. The average molecular weight is 464 g/mol. The van der Waals surface area contributed by atoms with Gasteiger partial charge in [0, 0.05) is 24.0 Å². The van der Waals surface area contributed by atoms with E-state index in [1.54, 1.807) is 30.3 Å². The van der Waals surface area contributed by atoms with Crippen LogP contribution in [0.1, 0.15) is 30.1 Å². The third-order valence-electron chi connectivity index (χ3n) is 4.50. The molecule has 2 heterocycles. The molecule has 8 nitrogen and oxygen atoms in total. The van der Waals surface area contributed by atoms with Gasteiger partial charge in [-0.05, 0) is 42.3 Å². The second-order valence-electron chi connectivity index (χ2n) is 6.77. The predicted octanol–water partition coefficient (Wildman–Crippen LogP) is 3.28. The summed E-state index contributed by atoms with van der Waals surface area (Å²) in [6.07, 6.45) is 3.86. The van der Waals surface area contributed by atoms with Crippen LogP contribution in [0.5, 0.6) is 0 Å². The van der Waals surface area contributed by atoms with Crippen LogP contribution in [-0.2, 0) is 9.59 Å². The third kappa shape index (κ3) is 5.05. The average Bonchev–Trinajstić information content (AvgIpc) is 3.41. The Hall–Kier alpha value is -2.30. The number of carbonyl (C=O) groups excluding carboxylic acids is 3. The third-order valence-corrected chi connectivity index (χ3v) is 6.60. The van der Waals surface area contributed by atoms with Crippen LogP contribution < -0.4 is 5.32 Å². The van der Waals surface area contributed by atoms with Gasteiger partial charge in [-0.3, -0.25) is 24.4 Å². The number of hydrogen-bond acceptors (Lipinski definition) is 7. The van der Waals surface area contributed by atoms with Gasteiger partial charge in [-0.15, -0.1) is 5.10 Å². The molecule has 1 aromatic carbocycles. The van der Waals surface area contributed by atoms with Crippen molar-refractivity contribution in [2.75, 3.05) is 18.8 Å². The molecule has 2 aromatic rings. The topological polar surface area (TPSA) is 108 Å². The summed E-state index contributed by atoms with van der Waals surface area (Å²) in [7, 11) is 0. The molecule has 4 rings (SSSR count). The van der Waals surface area contributed by atoms with Crippen molar-refractivity contribution in [2.24, 2.45) is 0 Å². The van der Waals surface area contributed by atoms with Crippen LogP contribution in [0.2, 0.25) is 5.02 Å². The minimum Gasteiger partial charge on any atom is -0.354 e. The SMILES string of the molecule is O=C(CSc1n[nH]c(C2CC2)n1)NCCN1C(=O)S/C(=C\c2ccccc2Cl)C1=O. The van der Waals surface area contributed by atoms with Gasteiger partial charge in [-0.1, -0.05) is 41.6 Å². The van der Waals surface area contributed by atoms with Gasteiger partial charge >= 0.3 is 0 Å². The Kier molecular flexibility index (Phi) is 6.45. The van der Waals surface area contributed by atoms with Crippen molar-refractivity contribution in [3.05, 3.63) is 45.6 Å². The number of imide groups is 1. The van der Waals surface area contributed by atoms with Crippen LogP contribution in [-0.4, -0.2) is 56.0 Å². The molecule has 30 heavy (non-hydrogen) atoms. The Morgan fingerprint density at radius 1 is 1.37 bits per heavy atom. The van der Waals surface area contributed by atoms with Gasteiger partial charge < -0.3 is 5.32 Å². The highest BCUT2D eigenvalue weighted by Crippen LogP contribution is 2.38. The number of aromatic nitrogens is 3. The summed E-state index contributed by atoms with van der Waals surface area (Å²) < 4.78 is 0. The number of amides is 3. The summed E-state index contributed by atoms with van der Waals surface area (Å²) in [6, 6.07) is 7.09. The van der Waals surface area contributed by atoms with Crippen molar-refractivity contribution < 1.29 is 14.4 Å². The Morgan fingerprint density at radius 2 is 2.17 bits per heavy atom. The van der Waals surface area contributed by atoms with Gasteiger partial charge in [0.2, 0.25) is 11.1 Å². The van der Waals surface area contributed by atoms with Gasteiger partial charge in [-0.2, -0.15) is 0 Å². The first-order valence-electron chi connectivity index (χ1n) is 9.33. The van der Waals surface area contributed by atoms with Crippen molar-refractivity contribution in [3.8, 4) is 0 Å². The van der Waals surface area contributed by atoms with Gasteiger partial charge in [-0.25, -0.2) is 4.98 Å². The largest absolute Gasteiger partial charge is 0.354 e. The van der Waals surface area contributed by atoms with Gasteiger partial charge in [0.25, 0.3) is 11.1 Å². The molecule has 156 valence electrons. The fraction of sp³-hybridized carbons (Fsp3) is 0.316. The number of rotatable bonds is 8. The van der Waals surface area contributed by atoms with Crippen molar-refractivity contribution in [2.45, 2.75) is 23.9 Å². The maximum Gasteiger partial charge on any atom is 0.293 e. The zero-order valence-electron chi connectivity index (χ0n) is 15.8. The molecule has 1 aliphatic carbocycles. The number of nitrogens with one attached hydrogen (secondary N) is 2. The summed E-state index contributed by atoms with van der Waals surface area (Å²) in [5.74, 6) is 0.919. The molecule has 1 aromatic heterocycles. The van der Waals surface area contributed by atoms with E-state index in [0.717, 1.165) is 35.3 Å². The summed E-state index contributed by atoms with van der Waals surface area (Å²) in [5, 5.41) is 10.4. The fourth-order valence-corrected chi connectivity index (χ4v) is 4.46. The molecular formula is C19H18ClN5O3S2. The van der Waals surface area contributed by atoms with E-state index < -0.39 is 0 Å². The molecule has 3 amide bonds. The summed E-state index contributed by atoms with van der Waals surface area (Å²) in [6.45, 7) is 0.283. The summed E-state index contributed by atoms with van der Waals surface area (Å²) >= 11 is 8.22. The zero-order chi connectivity index (χ0) is 21.1. The smallest absolute Gasteiger partial charge is 0.293 e. The first-order chi connectivity index (χ1) is 14.5. The Bertz CT molecular complexity index is 1020. The van der Waals surface area contributed by atoms with Gasteiger partial charge in [0.1, 0.15) is 5.82 Å². The molecule has 1 aliphatic heterocycles. The van der Waals surface area contributed by atoms with Crippen LogP contribution in [0.4, 0.5) is 4.79 Å². The first-order valence-corrected chi connectivity index (χ1v) is 11.5.